The van der Waals surface area contributed by atoms with Gasteiger partial charge in [0.15, 0.2) is 0 Å². The van der Waals surface area contributed by atoms with Gasteiger partial charge < -0.3 is 10.1 Å². The molecule has 1 amide bonds. The first kappa shape index (κ1) is 19.1. The number of pyridine rings is 1. The van der Waals surface area contributed by atoms with E-state index < -0.39 is 0 Å². The van der Waals surface area contributed by atoms with Crippen LogP contribution >= 0.6 is 23.4 Å². The van der Waals surface area contributed by atoms with E-state index in [0.717, 1.165) is 16.3 Å². The third kappa shape index (κ3) is 5.18. The lowest BCUT2D eigenvalue weighted by molar-refractivity contribution is -0.113. The largest absolute Gasteiger partial charge is 0.495 e. The summed E-state index contributed by atoms with van der Waals surface area (Å²) in [5, 5.41) is 3.99. The van der Waals surface area contributed by atoms with E-state index in [1.54, 1.807) is 37.7 Å². The number of anilines is 1. The quantitative estimate of drug-likeness (QED) is 0.492. The molecule has 1 aromatic carbocycles. The molecule has 0 atom stereocenters. The number of aromatic nitrogens is 3. The van der Waals surface area contributed by atoms with Crippen LogP contribution in [0, 0.1) is 6.92 Å². The van der Waals surface area contributed by atoms with E-state index >= 15 is 0 Å². The van der Waals surface area contributed by atoms with E-state index in [4.69, 9.17) is 16.3 Å². The zero-order chi connectivity index (χ0) is 19.2. The fourth-order valence-corrected chi connectivity index (χ4v) is 3.37. The molecule has 0 radical (unpaired) electrons. The van der Waals surface area contributed by atoms with Gasteiger partial charge in [-0.15, -0.1) is 0 Å². The Morgan fingerprint density at radius 3 is 2.67 bits per heavy atom. The summed E-state index contributed by atoms with van der Waals surface area (Å²) < 4.78 is 5.10. The van der Waals surface area contributed by atoms with Gasteiger partial charge in [-0.2, -0.15) is 0 Å². The Morgan fingerprint density at radius 1 is 1.19 bits per heavy atom. The number of thioether (sulfide) groups is 1. The van der Waals surface area contributed by atoms with Gasteiger partial charge in [0.05, 0.1) is 23.6 Å². The van der Waals surface area contributed by atoms with Crippen LogP contribution < -0.4 is 10.1 Å². The minimum Gasteiger partial charge on any atom is -0.495 e. The molecule has 2 aromatic heterocycles. The van der Waals surface area contributed by atoms with Gasteiger partial charge in [-0.25, -0.2) is 9.97 Å². The van der Waals surface area contributed by atoms with Gasteiger partial charge in [0.25, 0.3) is 0 Å². The number of hydrogen-bond donors (Lipinski definition) is 1. The average molecular weight is 401 g/mol. The summed E-state index contributed by atoms with van der Waals surface area (Å²) in [4.78, 5) is 25.1. The molecule has 1 N–H and O–H groups in total. The van der Waals surface area contributed by atoms with Gasteiger partial charge in [0.2, 0.25) is 5.91 Å². The molecule has 3 rings (SSSR count). The number of methoxy groups -OCH3 is 1. The van der Waals surface area contributed by atoms with E-state index in [9.17, 15) is 4.79 Å². The van der Waals surface area contributed by atoms with Crippen LogP contribution in [0.4, 0.5) is 5.69 Å². The third-order valence-corrected chi connectivity index (χ3v) is 4.78. The van der Waals surface area contributed by atoms with Crippen LogP contribution in [0.15, 0.2) is 53.8 Å². The van der Waals surface area contributed by atoms with Crippen molar-refractivity contribution >= 4 is 35.0 Å². The molecule has 0 spiro atoms. The van der Waals surface area contributed by atoms with Crippen molar-refractivity contribution in [2.24, 2.45) is 0 Å². The first-order valence-electron chi connectivity index (χ1n) is 8.07. The predicted octanol–water partition coefficient (Wildman–Crippen LogP) is 4.24. The second-order valence-electron chi connectivity index (χ2n) is 5.56. The standard InChI is InChI=1S/C19H17ClN4O2S/c1-12-22-16(13-5-7-21-8-6-13)10-19(23-12)27-11-18(25)24-14-3-4-17(26-2)15(20)9-14/h3-10H,11H2,1-2H3,(H,24,25). The highest BCUT2D eigenvalue weighted by atomic mass is 35.5. The van der Waals surface area contributed by atoms with Crippen LogP contribution in [-0.4, -0.2) is 33.7 Å². The van der Waals surface area contributed by atoms with Crippen LogP contribution in [0.1, 0.15) is 5.82 Å². The number of nitrogens with one attached hydrogen (secondary N) is 1. The van der Waals surface area contributed by atoms with Gasteiger partial charge in [0, 0.05) is 23.6 Å². The fourth-order valence-electron chi connectivity index (χ4n) is 2.37. The fraction of sp³-hybridized carbons (Fsp3) is 0.158. The number of benzene rings is 1. The zero-order valence-corrected chi connectivity index (χ0v) is 16.3. The molecule has 0 saturated heterocycles. The van der Waals surface area contributed by atoms with Crippen molar-refractivity contribution in [1.82, 2.24) is 15.0 Å². The van der Waals surface area contributed by atoms with Crippen molar-refractivity contribution in [2.75, 3.05) is 18.2 Å². The van der Waals surface area contributed by atoms with Gasteiger partial charge >= 0.3 is 0 Å². The summed E-state index contributed by atoms with van der Waals surface area (Å²) in [7, 11) is 1.54. The predicted molar refractivity (Wildman–Crippen MR) is 107 cm³/mol. The summed E-state index contributed by atoms with van der Waals surface area (Å²) in [6.45, 7) is 1.83. The maximum atomic E-state index is 12.2. The average Bonchev–Trinajstić information content (AvgIpc) is 2.67. The van der Waals surface area contributed by atoms with Crippen LogP contribution in [0.3, 0.4) is 0 Å². The highest BCUT2D eigenvalue weighted by molar-refractivity contribution is 7.99. The van der Waals surface area contributed by atoms with Crippen molar-refractivity contribution in [3.05, 3.63) is 59.6 Å². The Labute approximate surface area is 166 Å². The van der Waals surface area contributed by atoms with Gasteiger partial charge in [0.1, 0.15) is 16.6 Å². The maximum absolute atomic E-state index is 12.2. The lowest BCUT2D eigenvalue weighted by Gasteiger charge is -2.09. The lowest BCUT2D eigenvalue weighted by Crippen LogP contribution is -2.14. The minimum atomic E-state index is -0.150. The molecule has 0 aliphatic heterocycles. The molecular weight excluding hydrogens is 384 g/mol. The molecule has 2 heterocycles. The first-order chi connectivity index (χ1) is 13.0. The van der Waals surface area contributed by atoms with Crippen molar-refractivity contribution in [1.29, 1.82) is 0 Å². The summed E-state index contributed by atoms with van der Waals surface area (Å²) in [6, 6.07) is 10.7. The number of rotatable bonds is 6. The van der Waals surface area contributed by atoms with Crippen LogP contribution in [0.25, 0.3) is 11.3 Å². The molecule has 138 valence electrons. The SMILES string of the molecule is COc1ccc(NC(=O)CSc2cc(-c3ccncc3)nc(C)n2)cc1Cl. The number of carbonyl (C=O) groups excluding carboxylic acids is 1. The van der Waals surface area contributed by atoms with Crippen molar-refractivity contribution in [2.45, 2.75) is 11.9 Å². The summed E-state index contributed by atoms with van der Waals surface area (Å²) in [5.41, 5.74) is 2.37. The van der Waals surface area contributed by atoms with E-state index in [1.165, 1.54) is 11.8 Å². The Balaban J connectivity index is 1.65. The molecule has 6 nitrogen and oxygen atoms in total. The van der Waals surface area contributed by atoms with E-state index in [2.05, 4.69) is 20.3 Å². The molecule has 0 unspecified atom stereocenters. The monoisotopic (exact) mass is 400 g/mol. The Morgan fingerprint density at radius 2 is 1.96 bits per heavy atom. The summed E-state index contributed by atoms with van der Waals surface area (Å²) in [6.07, 6.45) is 3.43. The van der Waals surface area contributed by atoms with Crippen molar-refractivity contribution < 1.29 is 9.53 Å². The normalized spacial score (nSPS) is 10.5. The molecule has 8 heteroatoms. The maximum Gasteiger partial charge on any atom is 0.234 e. The van der Waals surface area contributed by atoms with Crippen molar-refractivity contribution in [3.8, 4) is 17.0 Å². The number of halogens is 1. The second kappa shape index (κ2) is 8.83. The highest BCUT2D eigenvalue weighted by Gasteiger charge is 2.09. The topological polar surface area (TPSA) is 77.0 Å². The minimum absolute atomic E-state index is 0.150. The van der Waals surface area contributed by atoms with Gasteiger partial charge in [-0.1, -0.05) is 23.4 Å². The molecule has 0 fully saturated rings. The number of aryl methyl sites for hydroxylation is 1. The zero-order valence-electron chi connectivity index (χ0n) is 14.8. The number of carbonyl (C=O) groups is 1. The van der Waals surface area contributed by atoms with Gasteiger partial charge in [-0.3, -0.25) is 9.78 Å². The smallest absolute Gasteiger partial charge is 0.234 e. The number of ether oxygens (including phenoxy) is 1. The van der Waals surface area contributed by atoms with E-state index in [0.29, 0.717) is 22.3 Å². The van der Waals surface area contributed by atoms with E-state index in [1.807, 2.05) is 25.1 Å². The van der Waals surface area contributed by atoms with Gasteiger partial charge in [-0.05, 0) is 43.3 Å². The van der Waals surface area contributed by atoms with Crippen LogP contribution in [-0.2, 0) is 4.79 Å². The number of hydrogen-bond acceptors (Lipinski definition) is 6. The third-order valence-electron chi connectivity index (χ3n) is 3.58. The first-order valence-corrected chi connectivity index (χ1v) is 9.44. The summed E-state index contributed by atoms with van der Waals surface area (Å²) in [5.74, 6) is 1.27. The van der Waals surface area contributed by atoms with Crippen LogP contribution in [0.5, 0.6) is 5.75 Å². The lowest BCUT2D eigenvalue weighted by atomic mass is 10.2. The Kier molecular flexibility index (Phi) is 6.26. The van der Waals surface area contributed by atoms with E-state index in [-0.39, 0.29) is 11.7 Å². The van der Waals surface area contributed by atoms with Crippen LogP contribution in [0.2, 0.25) is 5.02 Å². The number of amides is 1. The molecule has 0 bridgehead atoms. The molecule has 3 aromatic rings. The molecule has 27 heavy (non-hydrogen) atoms. The second-order valence-corrected chi connectivity index (χ2v) is 6.96. The number of nitrogens with zero attached hydrogens (tertiary/aromatic N) is 3. The summed E-state index contributed by atoms with van der Waals surface area (Å²) >= 11 is 7.42. The molecule has 0 aliphatic rings. The molecule has 0 aliphatic carbocycles. The molecule has 0 saturated carbocycles. The van der Waals surface area contributed by atoms with Crippen molar-refractivity contribution in [3.63, 3.8) is 0 Å². The Bertz CT molecular complexity index is 954. The highest BCUT2D eigenvalue weighted by Crippen LogP contribution is 2.27. The Hall–Kier alpha value is -2.64. The molecular formula is C19H17ClN4O2S.